The monoisotopic (exact) mass is 272 g/mol. The summed E-state index contributed by atoms with van der Waals surface area (Å²) in [6.45, 7) is 7.02. The highest BCUT2D eigenvalue weighted by atomic mass is 16.5. The predicted octanol–water partition coefficient (Wildman–Crippen LogP) is -0.368. The zero-order chi connectivity index (χ0) is 13.8. The molecule has 0 radical (unpaired) electrons. The maximum Gasteiger partial charge on any atom is 0.137 e. The van der Waals surface area contributed by atoms with Gasteiger partial charge in [0.1, 0.15) is 45.1 Å². The van der Waals surface area contributed by atoms with Crippen LogP contribution >= 0.6 is 0 Å². The lowest BCUT2D eigenvalue weighted by atomic mass is 10.1. The van der Waals surface area contributed by atoms with E-state index in [-0.39, 0.29) is 0 Å². The fraction of sp³-hybridized carbons (Fsp3) is 0.412. The molecular formula is C17H24N2O+2. The van der Waals surface area contributed by atoms with Crippen molar-refractivity contribution in [1.29, 1.82) is 0 Å². The molecule has 2 aromatic carbocycles. The number of likely N-dealkylation sites (N-methyl/N-ethyl adjacent to an activating group) is 1. The average Bonchev–Trinajstić information content (AvgIpc) is 2.49. The molecule has 2 aromatic rings. The minimum atomic E-state index is 0.808. The van der Waals surface area contributed by atoms with Crippen LogP contribution in [0.5, 0.6) is 5.75 Å². The summed E-state index contributed by atoms with van der Waals surface area (Å²) < 4.78 is 6.02. The Labute approximate surface area is 120 Å². The van der Waals surface area contributed by atoms with Crippen LogP contribution in [0.25, 0.3) is 10.8 Å². The van der Waals surface area contributed by atoms with Crippen LogP contribution in [0.2, 0.25) is 0 Å². The first kappa shape index (κ1) is 13.4. The maximum atomic E-state index is 6.02. The fourth-order valence-corrected chi connectivity index (χ4v) is 2.91. The van der Waals surface area contributed by atoms with Crippen LogP contribution in [0.15, 0.2) is 42.5 Å². The van der Waals surface area contributed by atoms with Crippen molar-refractivity contribution in [2.75, 3.05) is 46.4 Å². The van der Waals surface area contributed by atoms with E-state index in [4.69, 9.17) is 4.74 Å². The van der Waals surface area contributed by atoms with Gasteiger partial charge in [0.2, 0.25) is 0 Å². The van der Waals surface area contributed by atoms with Crippen LogP contribution in [0.4, 0.5) is 0 Å². The van der Waals surface area contributed by atoms with Crippen LogP contribution in [0, 0.1) is 0 Å². The molecule has 0 atom stereocenters. The number of ether oxygens (including phenoxy) is 1. The number of benzene rings is 2. The quantitative estimate of drug-likeness (QED) is 0.777. The molecule has 0 saturated carbocycles. The standard InChI is InChI=1S/C17H22N2O/c1-18-9-11-19(12-10-18)13-14-20-17-8-4-6-15-5-2-3-7-16(15)17/h2-8H,9-14H2,1H3/p+2. The summed E-state index contributed by atoms with van der Waals surface area (Å²) in [5.74, 6) is 1.02. The van der Waals surface area contributed by atoms with Gasteiger partial charge in [0, 0.05) is 5.39 Å². The molecule has 2 N–H and O–H groups in total. The van der Waals surface area contributed by atoms with E-state index < -0.39 is 0 Å². The molecule has 3 rings (SSSR count). The van der Waals surface area contributed by atoms with Crippen molar-refractivity contribution in [2.24, 2.45) is 0 Å². The van der Waals surface area contributed by atoms with Gasteiger partial charge in [-0.15, -0.1) is 0 Å². The largest absolute Gasteiger partial charge is 0.487 e. The summed E-state index contributed by atoms with van der Waals surface area (Å²) in [6, 6.07) is 14.7. The van der Waals surface area contributed by atoms with Gasteiger partial charge in [-0.3, -0.25) is 0 Å². The summed E-state index contributed by atoms with van der Waals surface area (Å²) in [5.41, 5.74) is 0. The summed E-state index contributed by atoms with van der Waals surface area (Å²) in [5, 5.41) is 2.47. The van der Waals surface area contributed by atoms with Gasteiger partial charge in [0.15, 0.2) is 0 Å². The zero-order valence-corrected chi connectivity index (χ0v) is 12.2. The molecule has 106 valence electrons. The second kappa shape index (κ2) is 6.25. The van der Waals surface area contributed by atoms with Gasteiger partial charge >= 0.3 is 0 Å². The van der Waals surface area contributed by atoms with Crippen LogP contribution in [-0.2, 0) is 0 Å². The van der Waals surface area contributed by atoms with Crippen molar-refractivity contribution in [2.45, 2.75) is 0 Å². The first-order valence-corrected chi connectivity index (χ1v) is 7.58. The highest BCUT2D eigenvalue weighted by Gasteiger charge is 2.19. The Bertz CT molecular complexity index is 556. The normalized spacial score (nSPS) is 22.9. The molecule has 3 nitrogen and oxygen atoms in total. The molecule has 20 heavy (non-hydrogen) atoms. The van der Waals surface area contributed by atoms with Crippen molar-refractivity contribution < 1.29 is 14.5 Å². The number of rotatable bonds is 4. The minimum Gasteiger partial charge on any atom is -0.487 e. The molecule has 1 fully saturated rings. The maximum absolute atomic E-state index is 6.02. The molecule has 0 aromatic heterocycles. The Morgan fingerprint density at radius 1 is 0.950 bits per heavy atom. The summed E-state index contributed by atoms with van der Waals surface area (Å²) >= 11 is 0. The Morgan fingerprint density at radius 2 is 1.70 bits per heavy atom. The molecule has 1 saturated heterocycles. The van der Waals surface area contributed by atoms with Gasteiger partial charge in [0.05, 0.1) is 7.05 Å². The lowest BCUT2D eigenvalue weighted by molar-refractivity contribution is -1.00. The van der Waals surface area contributed by atoms with Crippen molar-refractivity contribution in [3.63, 3.8) is 0 Å². The van der Waals surface area contributed by atoms with Crippen molar-refractivity contribution in [1.82, 2.24) is 0 Å². The predicted molar refractivity (Wildman–Crippen MR) is 81.6 cm³/mol. The summed E-state index contributed by atoms with van der Waals surface area (Å²) in [4.78, 5) is 3.33. The van der Waals surface area contributed by atoms with Crippen LogP contribution in [0.3, 0.4) is 0 Å². The van der Waals surface area contributed by atoms with Crippen molar-refractivity contribution in [3.05, 3.63) is 42.5 Å². The first-order valence-electron chi connectivity index (χ1n) is 7.58. The second-order valence-electron chi connectivity index (χ2n) is 5.78. The van der Waals surface area contributed by atoms with E-state index in [1.54, 1.807) is 9.80 Å². The van der Waals surface area contributed by atoms with Gasteiger partial charge in [-0.2, -0.15) is 0 Å². The van der Waals surface area contributed by atoms with E-state index in [2.05, 4.69) is 49.5 Å². The third-order valence-corrected chi connectivity index (χ3v) is 4.27. The lowest BCUT2D eigenvalue weighted by Crippen LogP contribution is -3.27. The Balaban J connectivity index is 1.57. The summed E-state index contributed by atoms with van der Waals surface area (Å²) in [6.07, 6.45) is 0. The van der Waals surface area contributed by atoms with E-state index in [1.165, 1.54) is 37.0 Å². The number of quaternary nitrogens is 2. The number of piperazine rings is 1. The van der Waals surface area contributed by atoms with Gasteiger partial charge in [0.25, 0.3) is 0 Å². The molecule has 1 aliphatic heterocycles. The van der Waals surface area contributed by atoms with Gasteiger partial charge in [-0.05, 0) is 11.5 Å². The Hall–Kier alpha value is -1.58. The zero-order valence-electron chi connectivity index (χ0n) is 12.2. The van der Waals surface area contributed by atoms with E-state index in [0.29, 0.717) is 0 Å². The topological polar surface area (TPSA) is 18.1 Å². The number of hydrogen-bond acceptors (Lipinski definition) is 1. The number of hydrogen-bond donors (Lipinski definition) is 2. The molecule has 1 aliphatic rings. The lowest BCUT2D eigenvalue weighted by Gasteiger charge is -2.27. The Morgan fingerprint density at radius 3 is 2.55 bits per heavy atom. The molecule has 1 heterocycles. The number of fused-ring (bicyclic) bond motifs is 1. The number of nitrogens with one attached hydrogen (secondary N) is 2. The minimum absolute atomic E-state index is 0.808. The highest BCUT2D eigenvalue weighted by molar-refractivity contribution is 5.88. The second-order valence-corrected chi connectivity index (χ2v) is 5.78. The van der Waals surface area contributed by atoms with Crippen LogP contribution < -0.4 is 14.5 Å². The Kier molecular flexibility index (Phi) is 4.19. The molecule has 0 bridgehead atoms. The molecule has 3 heteroatoms. The molecule has 0 aliphatic carbocycles. The third kappa shape index (κ3) is 3.11. The van der Waals surface area contributed by atoms with E-state index in [0.717, 1.165) is 18.9 Å². The van der Waals surface area contributed by atoms with Crippen molar-refractivity contribution in [3.8, 4) is 5.75 Å². The van der Waals surface area contributed by atoms with E-state index in [9.17, 15) is 0 Å². The van der Waals surface area contributed by atoms with Crippen LogP contribution in [0.1, 0.15) is 0 Å². The smallest absolute Gasteiger partial charge is 0.137 e. The third-order valence-electron chi connectivity index (χ3n) is 4.27. The van der Waals surface area contributed by atoms with Gasteiger partial charge in [-0.1, -0.05) is 36.4 Å². The fourth-order valence-electron chi connectivity index (χ4n) is 2.91. The molecule has 0 unspecified atom stereocenters. The highest BCUT2D eigenvalue weighted by Crippen LogP contribution is 2.24. The van der Waals surface area contributed by atoms with Gasteiger partial charge in [-0.25, -0.2) is 0 Å². The van der Waals surface area contributed by atoms with Crippen molar-refractivity contribution >= 4 is 10.8 Å². The SMILES string of the molecule is C[NH+]1CC[NH+](CCOc2cccc3ccccc23)CC1. The molecule has 0 amide bonds. The van der Waals surface area contributed by atoms with E-state index in [1.807, 2.05) is 0 Å². The first-order chi connectivity index (χ1) is 9.83. The van der Waals surface area contributed by atoms with E-state index >= 15 is 0 Å². The molecular weight excluding hydrogens is 248 g/mol. The van der Waals surface area contributed by atoms with Crippen LogP contribution in [-0.4, -0.2) is 46.4 Å². The summed E-state index contributed by atoms with van der Waals surface area (Å²) in [7, 11) is 2.28. The molecule has 0 spiro atoms. The van der Waals surface area contributed by atoms with Gasteiger partial charge < -0.3 is 14.5 Å². The average molecular weight is 272 g/mol.